The van der Waals surface area contributed by atoms with E-state index in [-0.39, 0.29) is 0 Å². The molecule has 0 amide bonds. The molecule has 0 fully saturated rings. The van der Waals surface area contributed by atoms with Crippen LogP contribution in [0.5, 0.6) is 0 Å². The highest BCUT2D eigenvalue weighted by Crippen LogP contribution is 1.96. The monoisotopic (exact) mass is 233 g/mol. The topological polar surface area (TPSA) is 12.0 Å². The molecule has 0 rings (SSSR count). The van der Waals surface area contributed by atoms with Crippen molar-refractivity contribution in [2.24, 2.45) is 0 Å². The van der Waals surface area contributed by atoms with Gasteiger partial charge < -0.3 is 5.32 Å². The smallest absolute Gasteiger partial charge is 0.0137 e. The molecule has 0 aromatic carbocycles. The van der Waals surface area contributed by atoms with Gasteiger partial charge in [0.1, 0.15) is 0 Å². The zero-order chi connectivity index (χ0) is 12.6. The van der Waals surface area contributed by atoms with E-state index in [0.717, 1.165) is 38.8 Å². The average molecular weight is 233 g/mol. The lowest BCUT2D eigenvalue weighted by atomic mass is 10.2. The quantitative estimate of drug-likeness (QED) is 0.389. The fourth-order valence-electron chi connectivity index (χ4n) is 1.41. The summed E-state index contributed by atoms with van der Waals surface area (Å²) in [5.41, 5.74) is 0. The van der Waals surface area contributed by atoms with Crippen molar-refractivity contribution in [1.82, 2.24) is 5.32 Å². The fraction of sp³-hybridized carbons (Fsp3) is 0.500. The summed E-state index contributed by atoms with van der Waals surface area (Å²) in [6.07, 6.45) is 19.8. The van der Waals surface area contributed by atoms with Crippen molar-refractivity contribution in [1.29, 1.82) is 0 Å². The summed E-state index contributed by atoms with van der Waals surface area (Å²) in [5, 5.41) is 3.35. The number of rotatable bonds is 12. The van der Waals surface area contributed by atoms with Crippen molar-refractivity contribution in [2.75, 3.05) is 13.1 Å². The lowest BCUT2D eigenvalue weighted by molar-refractivity contribution is 0.819. The van der Waals surface area contributed by atoms with E-state index in [9.17, 15) is 0 Å². The molecule has 0 aliphatic rings. The molecule has 0 aromatic heterocycles. The lowest BCUT2D eigenvalue weighted by Crippen LogP contribution is -2.12. The Kier molecular flexibility index (Phi) is 14.0. The van der Waals surface area contributed by atoms with Gasteiger partial charge in [-0.15, -0.1) is 13.2 Å². The average Bonchev–Trinajstić information content (AvgIpc) is 2.35. The van der Waals surface area contributed by atoms with Crippen LogP contribution in [0.4, 0.5) is 0 Å². The second kappa shape index (κ2) is 14.9. The largest absolute Gasteiger partial charge is 0.310 e. The standard InChI is InChI=1S/C16H27N/c1-3-5-7-9-11-13-15-17-16-14-12-10-8-6-4-2/h3-4,11-14,17H,1-2,5-10,15-16H2. The molecule has 0 aromatic rings. The minimum absolute atomic E-state index is 0.963. The molecule has 0 radical (unpaired) electrons. The van der Waals surface area contributed by atoms with Crippen LogP contribution in [0, 0.1) is 0 Å². The van der Waals surface area contributed by atoms with Gasteiger partial charge in [-0.25, -0.2) is 0 Å². The molecule has 96 valence electrons. The molecule has 0 spiro atoms. The first-order chi connectivity index (χ1) is 8.41. The van der Waals surface area contributed by atoms with Crippen LogP contribution in [0.1, 0.15) is 38.5 Å². The minimum atomic E-state index is 0.963. The predicted molar refractivity (Wildman–Crippen MR) is 79.2 cm³/mol. The van der Waals surface area contributed by atoms with Crippen molar-refractivity contribution >= 4 is 0 Å². The van der Waals surface area contributed by atoms with Gasteiger partial charge in [-0.2, -0.15) is 0 Å². The van der Waals surface area contributed by atoms with Crippen molar-refractivity contribution in [2.45, 2.75) is 38.5 Å². The Hall–Kier alpha value is -1.08. The van der Waals surface area contributed by atoms with Gasteiger partial charge in [-0.1, -0.05) is 36.5 Å². The second-order valence-corrected chi connectivity index (χ2v) is 4.04. The predicted octanol–water partition coefficient (Wildman–Crippen LogP) is 4.40. The van der Waals surface area contributed by atoms with Crippen LogP contribution in [0.15, 0.2) is 49.6 Å². The summed E-state index contributed by atoms with van der Waals surface area (Å²) in [6, 6.07) is 0. The van der Waals surface area contributed by atoms with Gasteiger partial charge in [-0.3, -0.25) is 0 Å². The molecule has 0 heterocycles. The number of allylic oxidation sites excluding steroid dienone is 4. The number of nitrogens with one attached hydrogen (secondary N) is 1. The van der Waals surface area contributed by atoms with E-state index >= 15 is 0 Å². The first-order valence-corrected chi connectivity index (χ1v) is 6.64. The highest BCUT2D eigenvalue weighted by atomic mass is 14.8. The Bertz CT molecular complexity index is 202. The molecule has 0 atom stereocenters. The maximum atomic E-state index is 3.71. The number of hydrogen-bond acceptors (Lipinski definition) is 1. The molecule has 0 aliphatic carbocycles. The van der Waals surface area contributed by atoms with E-state index < -0.39 is 0 Å². The molecule has 0 bridgehead atoms. The van der Waals surface area contributed by atoms with Gasteiger partial charge >= 0.3 is 0 Å². The van der Waals surface area contributed by atoms with Gasteiger partial charge in [-0.05, 0) is 38.5 Å². The molecule has 0 saturated heterocycles. The van der Waals surface area contributed by atoms with E-state index in [2.05, 4.69) is 42.8 Å². The zero-order valence-corrected chi connectivity index (χ0v) is 11.0. The van der Waals surface area contributed by atoms with Crippen molar-refractivity contribution < 1.29 is 0 Å². The third kappa shape index (κ3) is 14.9. The molecule has 0 saturated carbocycles. The Morgan fingerprint density at radius 3 is 1.53 bits per heavy atom. The normalized spacial score (nSPS) is 11.3. The Balaban J connectivity index is 3.16. The van der Waals surface area contributed by atoms with Crippen LogP contribution < -0.4 is 5.32 Å². The fourth-order valence-corrected chi connectivity index (χ4v) is 1.41. The van der Waals surface area contributed by atoms with E-state index in [1.54, 1.807) is 0 Å². The summed E-state index contributed by atoms with van der Waals surface area (Å²) in [5.74, 6) is 0. The lowest BCUT2D eigenvalue weighted by Gasteiger charge is -1.95. The molecule has 0 unspecified atom stereocenters. The third-order valence-electron chi connectivity index (χ3n) is 2.42. The highest BCUT2D eigenvalue weighted by Gasteiger charge is 1.81. The first-order valence-electron chi connectivity index (χ1n) is 6.64. The highest BCUT2D eigenvalue weighted by molar-refractivity contribution is 4.88. The van der Waals surface area contributed by atoms with Gasteiger partial charge in [0.15, 0.2) is 0 Å². The van der Waals surface area contributed by atoms with Crippen LogP contribution in [0.25, 0.3) is 0 Å². The Morgan fingerprint density at radius 2 is 1.12 bits per heavy atom. The molecule has 1 N–H and O–H groups in total. The molecular formula is C16H27N. The Labute approximate surface area is 107 Å². The molecular weight excluding hydrogens is 206 g/mol. The second-order valence-electron chi connectivity index (χ2n) is 4.04. The maximum Gasteiger partial charge on any atom is 0.0137 e. The number of unbranched alkanes of at least 4 members (excludes halogenated alkanes) is 4. The minimum Gasteiger partial charge on any atom is -0.310 e. The van der Waals surface area contributed by atoms with Crippen LogP contribution in [-0.4, -0.2) is 13.1 Å². The molecule has 1 heteroatoms. The summed E-state index contributed by atoms with van der Waals surface area (Å²) < 4.78 is 0. The van der Waals surface area contributed by atoms with E-state index in [0.29, 0.717) is 0 Å². The number of hydrogen-bond donors (Lipinski definition) is 1. The summed E-state index contributed by atoms with van der Waals surface area (Å²) in [6.45, 7) is 9.34. The third-order valence-corrected chi connectivity index (χ3v) is 2.42. The Morgan fingerprint density at radius 1 is 0.647 bits per heavy atom. The summed E-state index contributed by atoms with van der Waals surface area (Å²) in [7, 11) is 0. The zero-order valence-electron chi connectivity index (χ0n) is 11.0. The van der Waals surface area contributed by atoms with E-state index in [1.807, 2.05) is 12.2 Å². The summed E-state index contributed by atoms with van der Waals surface area (Å²) >= 11 is 0. The molecule has 17 heavy (non-hydrogen) atoms. The van der Waals surface area contributed by atoms with E-state index in [4.69, 9.17) is 0 Å². The van der Waals surface area contributed by atoms with Gasteiger partial charge in [0.25, 0.3) is 0 Å². The van der Waals surface area contributed by atoms with Gasteiger partial charge in [0.05, 0.1) is 0 Å². The van der Waals surface area contributed by atoms with E-state index in [1.165, 1.54) is 12.8 Å². The van der Waals surface area contributed by atoms with Gasteiger partial charge in [0.2, 0.25) is 0 Å². The van der Waals surface area contributed by atoms with Crippen molar-refractivity contribution in [3.05, 3.63) is 49.6 Å². The van der Waals surface area contributed by atoms with Gasteiger partial charge in [0, 0.05) is 13.1 Å². The molecule has 0 aliphatic heterocycles. The maximum absolute atomic E-state index is 3.71. The summed E-state index contributed by atoms with van der Waals surface area (Å²) in [4.78, 5) is 0. The van der Waals surface area contributed by atoms with Crippen LogP contribution in [0.2, 0.25) is 0 Å². The van der Waals surface area contributed by atoms with Crippen LogP contribution >= 0.6 is 0 Å². The van der Waals surface area contributed by atoms with Crippen LogP contribution in [-0.2, 0) is 0 Å². The first kappa shape index (κ1) is 15.9. The van der Waals surface area contributed by atoms with Crippen molar-refractivity contribution in [3.8, 4) is 0 Å². The van der Waals surface area contributed by atoms with Crippen molar-refractivity contribution in [3.63, 3.8) is 0 Å². The van der Waals surface area contributed by atoms with Crippen LogP contribution in [0.3, 0.4) is 0 Å². The molecule has 1 nitrogen and oxygen atoms in total. The SMILES string of the molecule is C=CCCCC=CCNCC=CCCCC=C.